The Morgan fingerprint density at radius 1 is 1.11 bits per heavy atom. The van der Waals surface area contributed by atoms with Gasteiger partial charge in [0.15, 0.2) is 5.96 Å². The number of hydrogen-bond donors (Lipinski definition) is 2. The van der Waals surface area contributed by atoms with Crippen molar-refractivity contribution in [1.82, 2.24) is 10.6 Å². The summed E-state index contributed by atoms with van der Waals surface area (Å²) in [6, 6.07) is 18.5. The van der Waals surface area contributed by atoms with Crippen molar-refractivity contribution in [1.29, 1.82) is 0 Å². The summed E-state index contributed by atoms with van der Waals surface area (Å²) in [6.07, 6.45) is 3.35. The van der Waals surface area contributed by atoms with Gasteiger partial charge in [0.2, 0.25) is 0 Å². The van der Waals surface area contributed by atoms with Gasteiger partial charge in [0.1, 0.15) is 0 Å². The molecule has 152 valence electrons. The maximum Gasteiger partial charge on any atom is 0.190 e. The zero-order valence-corrected chi connectivity index (χ0v) is 19.3. The van der Waals surface area contributed by atoms with Crippen molar-refractivity contribution in [2.75, 3.05) is 26.7 Å². The number of benzene rings is 2. The number of ether oxygens (including phenoxy) is 1. The third-order valence-corrected chi connectivity index (χ3v) is 5.20. The van der Waals surface area contributed by atoms with Crippen molar-refractivity contribution < 1.29 is 4.74 Å². The van der Waals surface area contributed by atoms with Crippen LogP contribution in [0.25, 0.3) is 0 Å². The Morgan fingerprint density at radius 3 is 2.57 bits per heavy atom. The summed E-state index contributed by atoms with van der Waals surface area (Å²) in [4.78, 5) is 4.35. The van der Waals surface area contributed by atoms with E-state index < -0.39 is 0 Å². The highest BCUT2D eigenvalue weighted by molar-refractivity contribution is 14.0. The molecular formula is C22H29ClIN3O. The summed E-state index contributed by atoms with van der Waals surface area (Å²) >= 11 is 5.93. The molecule has 2 atom stereocenters. The lowest BCUT2D eigenvalue weighted by atomic mass is 9.89. The number of rotatable bonds is 6. The monoisotopic (exact) mass is 513 g/mol. The normalized spacial score (nSPS) is 19.6. The molecular weight excluding hydrogens is 485 g/mol. The van der Waals surface area contributed by atoms with Gasteiger partial charge < -0.3 is 15.4 Å². The molecule has 2 N–H and O–H groups in total. The van der Waals surface area contributed by atoms with E-state index in [0.29, 0.717) is 5.92 Å². The Balaban J connectivity index is 0.00000280. The van der Waals surface area contributed by atoms with E-state index >= 15 is 0 Å². The van der Waals surface area contributed by atoms with Gasteiger partial charge >= 0.3 is 0 Å². The Kier molecular flexibility index (Phi) is 10.1. The second kappa shape index (κ2) is 12.3. The third-order valence-electron chi connectivity index (χ3n) is 4.95. The predicted molar refractivity (Wildman–Crippen MR) is 128 cm³/mol. The van der Waals surface area contributed by atoms with Crippen LogP contribution in [-0.2, 0) is 11.2 Å². The molecule has 1 saturated heterocycles. The van der Waals surface area contributed by atoms with Crippen LogP contribution in [0, 0.1) is 5.92 Å². The zero-order valence-electron chi connectivity index (χ0n) is 16.2. The molecule has 2 aromatic rings. The topological polar surface area (TPSA) is 45.7 Å². The first-order valence-corrected chi connectivity index (χ1v) is 9.99. The molecule has 6 heteroatoms. The van der Waals surface area contributed by atoms with Gasteiger partial charge in [0.25, 0.3) is 0 Å². The van der Waals surface area contributed by atoms with Gasteiger partial charge in [-0.25, -0.2) is 0 Å². The molecule has 3 rings (SSSR count). The number of hydrogen-bond acceptors (Lipinski definition) is 2. The van der Waals surface area contributed by atoms with Crippen molar-refractivity contribution in [3.05, 3.63) is 70.7 Å². The molecule has 2 aromatic carbocycles. The maximum atomic E-state index is 6.08. The summed E-state index contributed by atoms with van der Waals surface area (Å²) in [5, 5.41) is 7.63. The molecule has 2 unspecified atom stereocenters. The molecule has 1 heterocycles. The van der Waals surface area contributed by atoms with Crippen LogP contribution in [0.4, 0.5) is 0 Å². The predicted octanol–water partition coefficient (Wildman–Crippen LogP) is 4.83. The average molecular weight is 514 g/mol. The van der Waals surface area contributed by atoms with Gasteiger partial charge in [0, 0.05) is 37.7 Å². The van der Waals surface area contributed by atoms with E-state index in [1.807, 2.05) is 25.2 Å². The van der Waals surface area contributed by atoms with Crippen LogP contribution in [0.1, 0.15) is 30.1 Å². The van der Waals surface area contributed by atoms with Crippen molar-refractivity contribution in [2.24, 2.45) is 10.9 Å². The van der Waals surface area contributed by atoms with Gasteiger partial charge in [0.05, 0.1) is 6.10 Å². The fraction of sp³-hybridized carbons (Fsp3) is 0.409. The van der Waals surface area contributed by atoms with E-state index in [-0.39, 0.29) is 30.1 Å². The summed E-state index contributed by atoms with van der Waals surface area (Å²) < 4.78 is 6.08. The largest absolute Gasteiger partial charge is 0.373 e. The molecule has 4 nitrogen and oxygen atoms in total. The SMILES string of the molecule is CN=C(NCCc1ccc(Cl)cc1)NCC1CCCOC1c1ccccc1.I. The van der Waals surface area contributed by atoms with Crippen LogP contribution in [0.2, 0.25) is 5.02 Å². The lowest BCUT2D eigenvalue weighted by Gasteiger charge is -2.32. The quantitative estimate of drug-likeness (QED) is 0.330. The first-order valence-electron chi connectivity index (χ1n) is 9.62. The fourth-order valence-corrected chi connectivity index (χ4v) is 3.61. The van der Waals surface area contributed by atoms with E-state index in [4.69, 9.17) is 16.3 Å². The Labute approximate surface area is 190 Å². The van der Waals surface area contributed by atoms with Crippen molar-refractivity contribution in [3.63, 3.8) is 0 Å². The van der Waals surface area contributed by atoms with Crippen LogP contribution in [0.15, 0.2) is 59.6 Å². The molecule has 0 aromatic heterocycles. The molecule has 28 heavy (non-hydrogen) atoms. The smallest absolute Gasteiger partial charge is 0.190 e. The average Bonchev–Trinajstić information content (AvgIpc) is 2.73. The van der Waals surface area contributed by atoms with E-state index in [9.17, 15) is 0 Å². The number of aliphatic imine (C=N–C) groups is 1. The molecule has 0 spiro atoms. The molecule has 0 amide bonds. The molecule has 1 fully saturated rings. The first kappa shape index (κ1) is 23.0. The standard InChI is InChI=1S/C22H28ClN3O.HI/c1-24-22(25-14-13-17-9-11-20(23)12-10-17)26-16-19-8-5-15-27-21(19)18-6-3-2-4-7-18;/h2-4,6-7,9-12,19,21H,5,8,13-16H2,1H3,(H2,24,25,26);1H. The van der Waals surface area contributed by atoms with Crippen LogP contribution in [-0.4, -0.2) is 32.7 Å². The second-order valence-corrected chi connectivity index (χ2v) is 7.30. The number of guanidine groups is 1. The first-order chi connectivity index (χ1) is 13.3. The highest BCUT2D eigenvalue weighted by atomic mass is 127. The Hall–Kier alpha value is -1.31. The van der Waals surface area contributed by atoms with Crippen LogP contribution in [0.3, 0.4) is 0 Å². The fourth-order valence-electron chi connectivity index (χ4n) is 3.49. The van der Waals surface area contributed by atoms with Crippen LogP contribution >= 0.6 is 35.6 Å². The van der Waals surface area contributed by atoms with E-state index in [1.54, 1.807) is 0 Å². The van der Waals surface area contributed by atoms with Gasteiger partial charge in [-0.2, -0.15) is 0 Å². The highest BCUT2D eigenvalue weighted by Crippen LogP contribution is 2.32. The third kappa shape index (κ3) is 6.94. The molecule has 0 saturated carbocycles. The lowest BCUT2D eigenvalue weighted by Crippen LogP contribution is -2.42. The van der Waals surface area contributed by atoms with Gasteiger partial charge in [-0.05, 0) is 42.5 Å². The summed E-state index contributed by atoms with van der Waals surface area (Å²) in [5.41, 5.74) is 2.52. The van der Waals surface area contributed by atoms with E-state index in [0.717, 1.165) is 49.9 Å². The van der Waals surface area contributed by atoms with E-state index in [1.165, 1.54) is 11.1 Å². The molecule has 1 aliphatic heterocycles. The molecule has 0 radical (unpaired) electrons. The summed E-state index contributed by atoms with van der Waals surface area (Å²) in [7, 11) is 1.81. The number of nitrogens with zero attached hydrogens (tertiary/aromatic N) is 1. The Morgan fingerprint density at radius 2 is 1.86 bits per heavy atom. The van der Waals surface area contributed by atoms with Crippen molar-refractivity contribution in [2.45, 2.75) is 25.4 Å². The molecule has 0 aliphatic carbocycles. The minimum absolute atomic E-state index is 0. The second-order valence-electron chi connectivity index (χ2n) is 6.86. The van der Waals surface area contributed by atoms with E-state index in [2.05, 4.69) is 52.0 Å². The van der Waals surface area contributed by atoms with Crippen LogP contribution < -0.4 is 10.6 Å². The van der Waals surface area contributed by atoms with Gasteiger partial charge in [-0.3, -0.25) is 4.99 Å². The molecule has 0 bridgehead atoms. The van der Waals surface area contributed by atoms with Gasteiger partial charge in [-0.1, -0.05) is 54.1 Å². The number of halogens is 2. The molecule has 1 aliphatic rings. The summed E-state index contributed by atoms with van der Waals surface area (Å²) in [5.74, 6) is 1.28. The number of nitrogens with one attached hydrogen (secondary N) is 2. The minimum atomic E-state index is 0. The summed E-state index contributed by atoms with van der Waals surface area (Å²) in [6.45, 7) is 2.51. The van der Waals surface area contributed by atoms with Crippen molar-refractivity contribution in [3.8, 4) is 0 Å². The highest BCUT2D eigenvalue weighted by Gasteiger charge is 2.27. The maximum absolute atomic E-state index is 6.08. The lowest BCUT2D eigenvalue weighted by molar-refractivity contribution is -0.0265. The minimum Gasteiger partial charge on any atom is -0.373 e. The Bertz CT molecular complexity index is 724. The van der Waals surface area contributed by atoms with Crippen molar-refractivity contribution >= 4 is 41.5 Å². The van der Waals surface area contributed by atoms with Crippen LogP contribution in [0.5, 0.6) is 0 Å². The zero-order chi connectivity index (χ0) is 18.9. The van der Waals surface area contributed by atoms with Gasteiger partial charge in [-0.15, -0.1) is 24.0 Å².